The number of hydrogen-bond acceptors (Lipinski definition) is 4. The molecule has 2 rings (SSSR count). The number of rotatable bonds is 6. The van der Waals surface area contributed by atoms with Crippen molar-refractivity contribution in [2.24, 2.45) is 5.73 Å². The highest BCUT2D eigenvalue weighted by molar-refractivity contribution is 5.50. The molecule has 1 aromatic carbocycles. The number of ether oxygens (including phenoxy) is 2. The van der Waals surface area contributed by atoms with Crippen LogP contribution >= 0.6 is 0 Å². The molecule has 5 heteroatoms. The van der Waals surface area contributed by atoms with E-state index in [0.29, 0.717) is 13.2 Å². The summed E-state index contributed by atoms with van der Waals surface area (Å²) < 4.78 is 13.0. The monoisotopic (exact) mass is 285 g/mol. The average molecular weight is 285 g/mol. The molecule has 0 fully saturated rings. The van der Waals surface area contributed by atoms with E-state index in [2.05, 4.69) is 16.8 Å². The summed E-state index contributed by atoms with van der Waals surface area (Å²) >= 11 is 0. The SMILES string of the molecule is COc1ccc(OCCCn2ccnc2)c(C#CCN)c1. The third-order valence-corrected chi connectivity index (χ3v) is 2.89. The Balaban J connectivity index is 1.94. The van der Waals surface area contributed by atoms with Crippen LogP contribution in [0.15, 0.2) is 36.9 Å². The van der Waals surface area contributed by atoms with Gasteiger partial charge in [-0.15, -0.1) is 0 Å². The van der Waals surface area contributed by atoms with Gasteiger partial charge < -0.3 is 19.8 Å². The maximum Gasteiger partial charge on any atom is 0.135 e. The van der Waals surface area contributed by atoms with Gasteiger partial charge in [0.2, 0.25) is 0 Å². The summed E-state index contributed by atoms with van der Waals surface area (Å²) in [6.07, 6.45) is 6.40. The van der Waals surface area contributed by atoms with Crippen molar-refractivity contribution in [2.45, 2.75) is 13.0 Å². The average Bonchev–Trinajstić information content (AvgIpc) is 3.03. The van der Waals surface area contributed by atoms with Crippen LogP contribution in [0, 0.1) is 11.8 Å². The van der Waals surface area contributed by atoms with Crippen molar-refractivity contribution in [1.29, 1.82) is 0 Å². The minimum absolute atomic E-state index is 0.317. The summed E-state index contributed by atoms with van der Waals surface area (Å²) in [6.45, 7) is 1.80. The van der Waals surface area contributed by atoms with E-state index in [1.54, 1.807) is 19.6 Å². The van der Waals surface area contributed by atoms with Crippen LogP contribution in [0.3, 0.4) is 0 Å². The number of aryl methyl sites for hydroxylation is 1. The summed E-state index contributed by atoms with van der Waals surface area (Å²) in [5.41, 5.74) is 6.21. The van der Waals surface area contributed by atoms with Crippen LogP contribution in [-0.2, 0) is 6.54 Å². The lowest BCUT2D eigenvalue weighted by Gasteiger charge is -2.10. The molecule has 1 heterocycles. The molecule has 0 aliphatic carbocycles. The zero-order valence-corrected chi connectivity index (χ0v) is 12.1. The lowest BCUT2D eigenvalue weighted by atomic mass is 10.2. The second-order valence-corrected chi connectivity index (χ2v) is 4.37. The van der Waals surface area contributed by atoms with E-state index < -0.39 is 0 Å². The summed E-state index contributed by atoms with van der Waals surface area (Å²) in [7, 11) is 1.63. The lowest BCUT2D eigenvalue weighted by molar-refractivity contribution is 0.300. The molecular formula is C16H19N3O2. The second-order valence-electron chi connectivity index (χ2n) is 4.37. The Morgan fingerprint density at radius 2 is 2.29 bits per heavy atom. The Morgan fingerprint density at radius 1 is 1.38 bits per heavy atom. The van der Waals surface area contributed by atoms with Crippen molar-refractivity contribution in [3.63, 3.8) is 0 Å². The number of benzene rings is 1. The summed E-state index contributed by atoms with van der Waals surface area (Å²) in [5, 5.41) is 0. The largest absolute Gasteiger partial charge is 0.497 e. The van der Waals surface area contributed by atoms with Gasteiger partial charge in [-0.1, -0.05) is 11.8 Å². The van der Waals surface area contributed by atoms with Gasteiger partial charge in [0.05, 0.1) is 32.2 Å². The zero-order valence-electron chi connectivity index (χ0n) is 12.1. The maximum atomic E-state index is 5.80. The smallest absolute Gasteiger partial charge is 0.135 e. The third kappa shape index (κ3) is 4.55. The molecule has 110 valence electrons. The third-order valence-electron chi connectivity index (χ3n) is 2.89. The van der Waals surface area contributed by atoms with Crippen molar-refractivity contribution >= 4 is 0 Å². The van der Waals surface area contributed by atoms with Gasteiger partial charge in [0.25, 0.3) is 0 Å². The van der Waals surface area contributed by atoms with E-state index in [1.165, 1.54) is 0 Å². The predicted octanol–water partition coefficient (Wildman–Crippen LogP) is 1.67. The van der Waals surface area contributed by atoms with E-state index in [1.807, 2.05) is 29.0 Å². The van der Waals surface area contributed by atoms with Crippen LogP contribution in [0.2, 0.25) is 0 Å². The van der Waals surface area contributed by atoms with Crippen molar-refractivity contribution < 1.29 is 9.47 Å². The standard InChI is InChI=1S/C16H19N3O2/c1-20-15-5-6-16(14(12-15)4-2-7-17)21-11-3-9-19-10-8-18-13-19/h5-6,8,10,12-13H,3,7,9,11,17H2,1H3. The van der Waals surface area contributed by atoms with Gasteiger partial charge in [-0.3, -0.25) is 0 Å². The Morgan fingerprint density at radius 3 is 3.00 bits per heavy atom. The Bertz CT molecular complexity index is 612. The second kappa shape index (κ2) is 7.98. The number of nitrogens with zero attached hydrogens (tertiary/aromatic N) is 2. The topological polar surface area (TPSA) is 62.3 Å². The first kappa shape index (κ1) is 14.9. The molecule has 2 aromatic rings. The molecule has 0 spiro atoms. The molecule has 21 heavy (non-hydrogen) atoms. The number of hydrogen-bond donors (Lipinski definition) is 1. The van der Waals surface area contributed by atoms with Gasteiger partial charge in [-0.25, -0.2) is 4.98 Å². The normalized spacial score (nSPS) is 9.81. The fourth-order valence-electron chi connectivity index (χ4n) is 1.85. The fourth-order valence-corrected chi connectivity index (χ4v) is 1.85. The van der Waals surface area contributed by atoms with E-state index in [4.69, 9.17) is 15.2 Å². The van der Waals surface area contributed by atoms with E-state index in [0.717, 1.165) is 30.0 Å². The fraction of sp³-hybridized carbons (Fsp3) is 0.312. The number of methoxy groups -OCH3 is 1. The number of imidazole rings is 1. The molecule has 0 aliphatic rings. The molecule has 0 bridgehead atoms. The molecule has 0 saturated heterocycles. The van der Waals surface area contributed by atoms with Gasteiger partial charge in [0.1, 0.15) is 11.5 Å². The minimum atomic E-state index is 0.317. The van der Waals surface area contributed by atoms with Crippen LogP contribution in [0.1, 0.15) is 12.0 Å². The molecule has 2 N–H and O–H groups in total. The molecule has 0 atom stereocenters. The first-order chi connectivity index (χ1) is 10.3. The molecule has 5 nitrogen and oxygen atoms in total. The van der Waals surface area contributed by atoms with Gasteiger partial charge in [-0.05, 0) is 24.6 Å². The number of aromatic nitrogens is 2. The molecular weight excluding hydrogens is 266 g/mol. The van der Waals surface area contributed by atoms with Crippen molar-refractivity contribution in [3.05, 3.63) is 42.5 Å². The summed E-state index contributed by atoms with van der Waals surface area (Å²) in [4.78, 5) is 4.00. The molecule has 0 saturated carbocycles. The van der Waals surface area contributed by atoms with Gasteiger partial charge >= 0.3 is 0 Å². The van der Waals surface area contributed by atoms with Crippen LogP contribution in [0.4, 0.5) is 0 Å². The highest BCUT2D eigenvalue weighted by Crippen LogP contribution is 2.23. The molecule has 0 unspecified atom stereocenters. The van der Waals surface area contributed by atoms with Crippen molar-refractivity contribution in [1.82, 2.24) is 9.55 Å². The van der Waals surface area contributed by atoms with Crippen molar-refractivity contribution in [2.75, 3.05) is 20.3 Å². The van der Waals surface area contributed by atoms with Gasteiger partial charge in [0, 0.05) is 18.9 Å². The predicted molar refractivity (Wildman–Crippen MR) is 81.3 cm³/mol. The van der Waals surface area contributed by atoms with Crippen LogP contribution in [0.25, 0.3) is 0 Å². The highest BCUT2D eigenvalue weighted by Gasteiger charge is 2.04. The van der Waals surface area contributed by atoms with Gasteiger partial charge in [0.15, 0.2) is 0 Å². The van der Waals surface area contributed by atoms with E-state index >= 15 is 0 Å². The quantitative estimate of drug-likeness (QED) is 0.648. The first-order valence-electron chi connectivity index (χ1n) is 6.79. The lowest BCUT2D eigenvalue weighted by Crippen LogP contribution is -2.04. The van der Waals surface area contributed by atoms with E-state index in [9.17, 15) is 0 Å². The van der Waals surface area contributed by atoms with Gasteiger partial charge in [-0.2, -0.15) is 0 Å². The number of nitrogens with two attached hydrogens (primary N) is 1. The Kier molecular flexibility index (Phi) is 5.68. The summed E-state index contributed by atoms with van der Waals surface area (Å²) in [5.74, 6) is 7.35. The van der Waals surface area contributed by atoms with Crippen LogP contribution < -0.4 is 15.2 Å². The maximum absolute atomic E-state index is 5.80. The first-order valence-corrected chi connectivity index (χ1v) is 6.79. The Labute approximate surface area is 124 Å². The molecule has 0 radical (unpaired) electrons. The highest BCUT2D eigenvalue weighted by atomic mass is 16.5. The summed E-state index contributed by atoms with van der Waals surface area (Å²) in [6, 6.07) is 5.59. The van der Waals surface area contributed by atoms with Crippen LogP contribution in [-0.4, -0.2) is 29.8 Å². The van der Waals surface area contributed by atoms with E-state index in [-0.39, 0.29) is 0 Å². The van der Waals surface area contributed by atoms with Crippen molar-refractivity contribution in [3.8, 4) is 23.3 Å². The molecule has 1 aromatic heterocycles. The molecule has 0 aliphatic heterocycles. The molecule has 0 amide bonds. The minimum Gasteiger partial charge on any atom is -0.497 e. The Hall–Kier alpha value is -2.45. The zero-order chi connectivity index (χ0) is 14.9. The van der Waals surface area contributed by atoms with Crippen LogP contribution in [0.5, 0.6) is 11.5 Å².